The molecule has 3 nitrogen and oxygen atoms in total. The second-order valence-electron chi connectivity index (χ2n) is 6.18. The van der Waals surface area contributed by atoms with Crippen molar-refractivity contribution in [3.05, 3.63) is 29.8 Å². The second-order valence-corrected chi connectivity index (χ2v) is 6.18. The molecule has 1 atom stereocenters. The van der Waals surface area contributed by atoms with E-state index in [1.807, 2.05) is 24.3 Å². The highest BCUT2D eigenvalue weighted by Gasteiger charge is 2.05. The Morgan fingerprint density at radius 1 is 1.10 bits per heavy atom. The van der Waals surface area contributed by atoms with Crippen LogP contribution in [0.15, 0.2) is 24.3 Å². The highest BCUT2D eigenvalue weighted by Crippen LogP contribution is 2.12. The molecule has 118 valence electrons. The Hall–Kier alpha value is -1.51. The van der Waals surface area contributed by atoms with Gasteiger partial charge >= 0.3 is 0 Å². The van der Waals surface area contributed by atoms with Gasteiger partial charge in [0.15, 0.2) is 0 Å². The van der Waals surface area contributed by atoms with Crippen LogP contribution in [0.5, 0.6) is 0 Å². The fourth-order valence-electron chi connectivity index (χ4n) is 2.09. The van der Waals surface area contributed by atoms with E-state index in [1.54, 1.807) is 0 Å². The lowest BCUT2D eigenvalue weighted by molar-refractivity contribution is 0.0953. The molecule has 1 unspecified atom stereocenters. The molecule has 0 spiro atoms. The van der Waals surface area contributed by atoms with Crippen LogP contribution in [0.3, 0.4) is 0 Å². The summed E-state index contributed by atoms with van der Waals surface area (Å²) in [6.07, 6.45) is 4.54. The van der Waals surface area contributed by atoms with Crippen LogP contribution in [0.25, 0.3) is 0 Å². The van der Waals surface area contributed by atoms with Crippen molar-refractivity contribution in [1.29, 1.82) is 0 Å². The molecule has 1 rings (SSSR count). The van der Waals surface area contributed by atoms with Gasteiger partial charge in [0.2, 0.25) is 0 Å². The first-order valence-electron chi connectivity index (χ1n) is 8.17. The van der Waals surface area contributed by atoms with Gasteiger partial charge in [-0.1, -0.05) is 33.6 Å². The Kier molecular flexibility index (Phi) is 7.88. The lowest BCUT2D eigenvalue weighted by atomic mass is 10.1. The summed E-state index contributed by atoms with van der Waals surface area (Å²) < 4.78 is 0. The molecule has 0 fully saturated rings. The van der Waals surface area contributed by atoms with E-state index >= 15 is 0 Å². The molecule has 1 aromatic rings. The van der Waals surface area contributed by atoms with Gasteiger partial charge in [0.1, 0.15) is 0 Å². The van der Waals surface area contributed by atoms with Gasteiger partial charge in [-0.05, 0) is 49.9 Å². The van der Waals surface area contributed by atoms with Crippen LogP contribution in [0, 0.1) is 5.92 Å². The van der Waals surface area contributed by atoms with E-state index in [2.05, 4.69) is 38.3 Å². The van der Waals surface area contributed by atoms with Gasteiger partial charge in [0.05, 0.1) is 0 Å². The lowest BCUT2D eigenvalue weighted by Gasteiger charge is -2.13. The third kappa shape index (κ3) is 7.16. The predicted octanol–water partition coefficient (Wildman–Crippen LogP) is 4.45. The zero-order chi connectivity index (χ0) is 15.7. The van der Waals surface area contributed by atoms with Crippen molar-refractivity contribution in [1.82, 2.24) is 5.32 Å². The van der Waals surface area contributed by atoms with Gasteiger partial charge < -0.3 is 10.6 Å². The average molecular weight is 290 g/mol. The van der Waals surface area contributed by atoms with E-state index in [0.717, 1.165) is 36.6 Å². The zero-order valence-corrected chi connectivity index (χ0v) is 13.9. The molecule has 0 aromatic heterocycles. The van der Waals surface area contributed by atoms with Gasteiger partial charge in [-0.3, -0.25) is 4.79 Å². The maximum Gasteiger partial charge on any atom is 0.251 e. The minimum atomic E-state index is 0.0228. The fraction of sp³-hybridized carbons (Fsp3) is 0.611. The zero-order valence-electron chi connectivity index (χ0n) is 13.9. The van der Waals surface area contributed by atoms with E-state index in [-0.39, 0.29) is 5.91 Å². The first-order chi connectivity index (χ1) is 10.0. The smallest absolute Gasteiger partial charge is 0.251 e. The fourth-order valence-corrected chi connectivity index (χ4v) is 2.09. The summed E-state index contributed by atoms with van der Waals surface area (Å²) >= 11 is 0. The first kappa shape index (κ1) is 17.5. The highest BCUT2D eigenvalue weighted by molar-refractivity contribution is 5.94. The molecule has 0 bridgehead atoms. The van der Waals surface area contributed by atoms with Crippen molar-refractivity contribution in [3.8, 4) is 0 Å². The Morgan fingerprint density at radius 2 is 1.76 bits per heavy atom. The van der Waals surface area contributed by atoms with Crippen LogP contribution in [-0.4, -0.2) is 18.5 Å². The van der Waals surface area contributed by atoms with Crippen molar-refractivity contribution in [3.63, 3.8) is 0 Å². The number of amides is 1. The third-order valence-corrected chi connectivity index (χ3v) is 3.67. The average Bonchev–Trinajstić information content (AvgIpc) is 2.47. The number of benzene rings is 1. The molecule has 21 heavy (non-hydrogen) atoms. The van der Waals surface area contributed by atoms with Crippen LogP contribution < -0.4 is 10.6 Å². The van der Waals surface area contributed by atoms with E-state index in [9.17, 15) is 4.79 Å². The number of unbranched alkanes of at least 4 members (excludes halogenated alkanes) is 1. The summed E-state index contributed by atoms with van der Waals surface area (Å²) in [5.41, 5.74) is 1.80. The summed E-state index contributed by atoms with van der Waals surface area (Å²) in [5.74, 6) is 0.765. The molecular weight excluding hydrogens is 260 g/mol. The number of carbonyl (C=O) groups excluding carboxylic acids is 1. The quantitative estimate of drug-likeness (QED) is 0.660. The van der Waals surface area contributed by atoms with Crippen molar-refractivity contribution >= 4 is 11.6 Å². The van der Waals surface area contributed by atoms with Crippen molar-refractivity contribution in [2.45, 2.75) is 59.4 Å². The number of hydrogen-bond donors (Lipinski definition) is 2. The molecule has 0 saturated heterocycles. The van der Waals surface area contributed by atoms with Crippen molar-refractivity contribution in [2.75, 3.05) is 11.9 Å². The Morgan fingerprint density at radius 3 is 2.33 bits per heavy atom. The largest absolute Gasteiger partial charge is 0.383 e. The topological polar surface area (TPSA) is 41.1 Å². The molecule has 0 aliphatic carbocycles. The molecule has 0 radical (unpaired) electrons. The first-order valence-corrected chi connectivity index (χ1v) is 8.17. The maximum absolute atomic E-state index is 12.0. The summed E-state index contributed by atoms with van der Waals surface area (Å²) in [5, 5.41) is 6.38. The number of nitrogens with one attached hydrogen (secondary N) is 2. The third-order valence-electron chi connectivity index (χ3n) is 3.67. The monoisotopic (exact) mass is 290 g/mol. The van der Waals surface area contributed by atoms with E-state index < -0.39 is 0 Å². The molecule has 3 heteroatoms. The number of rotatable bonds is 9. The summed E-state index contributed by atoms with van der Waals surface area (Å²) in [7, 11) is 0. The van der Waals surface area contributed by atoms with Gasteiger partial charge in [-0.2, -0.15) is 0 Å². The molecular formula is C18H30N2O. The molecule has 0 aliphatic rings. The standard InChI is InChI=1S/C18H30N2O/c1-5-15(4)20-17-11-9-16(10-12-17)18(21)19-13-7-6-8-14(2)3/h9-12,14-15,20H,5-8,13H2,1-4H3,(H,19,21). The summed E-state index contributed by atoms with van der Waals surface area (Å²) in [4.78, 5) is 12.0. The minimum Gasteiger partial charge on any atom is -0.383 e. The summed E-state index contributed by atoms with van der Waals surface area (Å²) in [6.45, 7) is 9.52. The van der Waals surface area contributed by atoms with Crippen molar-refractivity contribution < 1.29 is 4.79 Å². The van der Waals surface area contributed by atoms with Crippen LogP contribution in [0.1, 0.15) is 63.7 Å². The van der Waals surface area contributed by atoms with Gasteiger partial charge in [0.25, 0.3) is 5.91 Å². The molecule has 2 N–H and O–H groups in total. The van der Waals surface area contributed by atoms with E-state index in [0.29, 0.717) is 6.04 Å². The van der Waals surface area contributed by atoms with E-state index in [1.165, 1.54) is 12.8 Å². The molecule has 1 amide bonds. The van der Waals surface area contributed by atoms with Crippen molar-refractivity contribution in [2.24, 2.45) is 5.92 Å². The van der Waals surface area contributed by atoms with E-state index in [4.69, 9.17) is 0 Å². The maximum atomic E-state index is 12.0. The SMILES string of the molecule is CCC(C)Nc1ccc(C(=O)NCCCCC(C)C)cc1. The predicted molar refractivity (Wildman–Crippen MR) is 90.8 cm³/mol. The Labute approximate surface area is 129 Å². The van der Waals surface area contributed by atoms with Gasteiger partial charge in [-0.15, -0.1) is 0 Å². The van der Waals surface area contributed by atoms with Crippen LogP contribution in [0.4, 0.5) is 5.69 Å². The Balaban J connectivity index is 2.34. The number of anilines is 1. The second kappa shape index (κ2) is 9.43. The Bertz CT molecular complexity index is 412. The normalized spacial score (nSPS) is 12.2. The van der Waals surface area contributed by atoms with Crippen LogP contribution in [0.2, 0.25) is 0 Å². The highest BCUT2D eigenvalue weighted by atomic mass is 16.1. The summed E-state index contributed by atoms with van der Waals surface area (Å²) in [6, 6.07) is 8.16. The lowest BCUT2D eigenvalue weighted by Crippen LogP contribution is -2.24. The molecule has 0 heterocycles. The van der Waals surface area contributed by atoms with Gasteiger partial charge in [0, 0.05) is 23.8 Å². The van der Waals surface area contributed by atoms with Crippen LogP contribution in [-0.2, 0) is 0 Å². The number of carbonyl (C=O) groups is 1. The minimum absolute atomic E-state index is 0.0228. The molecule has 0 aliphatic heterocycles. The van der Waals surface area contributed by atoms with Crippen LogP contribution >= 0.6 is 0 Å². The molecule has 1 aromatic carbocycles. The van der Waals surface area contributed by atoms with Gasteiger partial charge in [-0.25, -0.2) is 0 Å². The number of hydrogen-bond acceptors (Lipinski definition) is 2. The molecule has 0 saturated carbocycles.